The summed E-state index contributed by atoms with van der Waals surface area (Å²) in [6, 6.07) is 15.4. The summed E-state index contributed by atoms with van der Waals surface area (Å²) >= 11 is 0. The Morgan fingerprint density at radius 1 is 0.900 bits per heavy atom. The molecule has 2 atom stereocenters. The largest absolute Gasteiger partial charge is 0.370 e. The van der Waals surface area contributed by atoms with Crippen molar-refractivity contribution in [1.82, 2.24) is 14.5 Å². The van der Waals surface area contributed by atoms with E-state index in [9.17, 15) is 12.8 Å². The van der Waals surface area contributed by atoms with Crippen LogP contribution in [-0.4, -0.2) is 76.2 Å². The van der Waals surface area contributed by atoms with Crippen molar-refractivity contribution in [2.45, 2.75) is 23.5 Å². The Balaban J connectivity index is 1.22. The molecule has 0 radical (unpaired) electrons. The monoisotopic (exact) mass is 433 g/mol. The quantitative estimate of drug-likeness (QED) is 0.687. The van der Waals surface area contributed by atoms with Gasteiger partial charge in [0.05, 0.1) is 17.1 Å². The highest BCUT2D eigenvalue weighted by Crippen LogP contribution is 2.19. The van der Waals surface area contributed by atoms with Gasteiger partial charge in [-0.3, -0.25) is 9.80 Å². The van der Waals surface area contributed by atoms with Gasteiger partial charge < -0.3 is 4.74 Å². The summed E-state index contributed by atoms with van der Waals surface area (Å²) in [4.78, 5) is 4.82. The van der Waals surface area contributed by atoms with Gasteiger partial charge in [0.2, 0.25) is 10.0 Å². The normalized spacial score (nSPS) is 22.8. The molecule has 0 saturated carbocycles. The molecule has 0 aromatic heterocycles. The first-order valence-electron chi connectivity index (χ1n) is 10.4. The van der Waals surface area contributed by atoms with E-state index in [1.54, 1.807) is 0 Å². The first-order chi connectivity index (χ1) is 14.5. The number of sulfonamides is 1. The molecule has 0 amide bonds. The number of nitrogens with zero attached hydrogens (tertiary/aromatic N) is 2. The highest BCUT2D eigenvalue weighted by molar-refractivity contribution is 7.89. The smallest absolute Gasteiger partial charge is 0.240 e. The molecular formula is C22H28FN3O3S. The third-order valence-electron chi connectivity index (χ3n) is 5.64. The molecule has 2 unspecified atom stereocenters. The van der Waals surface area contributed by atoms with E-state index in [1.165, 1.54) is 17.7 Å². The van der Waals surface area contributed by atoms with Crippen molar-refractivity contribution in [3.05, 3.63) is 66.0 Å². The van der Waals surface area contributed by atoms with E-state index in [0.717, 1.165) is 51.3 Å². The standard InChI is InChI=1S/C22H28FN3O3S/c23-19-6-8-22(9-7-19)30(27,28)24-11-13-26-16-20-14-25(15-21(17-26)29-20)12-10-18-4-2-1-3-5-18/h1-9,20-21,24H,10-17H2. The van der Waals surface area contributed by atoms with Gasteiger partial charge in [0.1, 0.15) is 5.82 Å². The molecule has 2 fully saturated rings. The Kier molecular flexibility index (Phi) is 6.80. The molecule has 0 aliphatic carbocycles. The van der Waals surface area contributed by atoms with Crippen molar-refractivity contribution in [2.24, 2.45) is 0 Å². The van der Waals surface area contributed by atoms with Gasteiger partial charge in [0.25, 0.3) is 0 Å². The second-order valence-corrected chi connectivity index (χ2v) is 9.75. The maximum Gasteiger partial charge on any atom is 0.240 e. The van der Waals surface area contributed by atoms with Gasteiger partial charge in [-0.15, -0.1) is 0 Å². The molecule has 2 bridgehead atoms. The van der Waals surface area contributed by atoms with Crippen LogP contribution >= 0.6 is 0 Å². The summed E-state index contributed by atoms with van der Waals surface area (Å²) in [6.45, 7) is 5.38. The lowest BCUT2D eigenvalue weighted by Crippen LogP contribution is -2.60. The number of halogens is 1. The van der Waals surface area contributed by atoms with Crippen molar-refractivity contribution in [1.29, 1.82) is 0 Å². The Morgan fingerprint density at radius 3 is 2.13 bits per heavy atom. The topological polar surface area (TPSA) is 61.9 Å². The molecular weight excluding hydrogens is 405 g/mol. The summed E-state index contributed by atoms with van der Waals surface area (Å²) in [5.74, 6) is -0.452. The minimum Gasteiger partial charge on any atom is -0.370 e. The first kappa shape index (κ1) is 21.4. The van der Waals surface area contributed by atoms with E-state index in [1.807, 2.05) is 6.07 Å². The summed E-state index contributed by atoms with van der Waals surface area (Å²) in [5, 5.41) is 0. The molecule has 2 aromatic rings. The van der Waals surface area contributed by atoms with Crippen LogP contribution in [0.4, 0.5) is 4.39 Å². The zero-order valence-corrected chi connectivity index (χ0v) is 17.7. The van der Waals surface area contributed by atoms with Crippen LogP contribution in [0.25, 0.3) is 0 Å². The number of rotatable bonds is 8. The summed E-state index contributed by atoms with van der Waals surface area (Å²) in [6.07, 6.45) is 1.35. The number of morpholine rings is 2. The lowest BCUT2D eigenvalue weighted by atomic mass is 10.1. The number of hydrogen-bond acceptors (Lipinski definition) is 5. The van der Waals surface area contributed by atoms with Crippen LogP contribution in [0, 0.1) is 5.82 Å². The number of fused-ring (bicyclic) bond motifs is 2. The average Bonchev–Trinajstić information content (AvgIpc) is 2.73. The van der Waals surface area contributed by atoms with Gasteiger partial charge in [-0.2, -0.15) is 0 Å². The van der Waals surface area contributed by atoms with Crippen LogP contribution in [0.5, 0.6) is 0 Å². The van der Waals surface area contributed by atoms with Crippen molar-refractivity contribution in [3.8, 4) is 0 Å². The van der Waals surface area contributed by atoms with E-state index < -0.39 is 15.8 Å². The fourth-order valence-electron chi connectivity index (χ4n) is 4.19. The molecule has 2 aromatic carbocycles. The van der Waals surface area contributed by atoms with E-state index in [0.29, 0.717) is 13.1 Å². The predicted octanol–water partition coefficient (Wildman–Crippen LogP) is 1.73. The number of benzene rings is 2. The van der Waals surface area contributed by atoms with Crippen molar-refractivity contribution in [3.63, 3.8) is 0 Å². The second kappa shape index (κ2) is 9.53. The lowest BCUT2D eigenvalue weighted by Gasteiger charge is -2.46. The molecule has 6 nitrogen and oxygen atoms in total. The molecule has 30 heavy (non-hydrogen) atoms. The number of ether oxygens (including phenoxy) is 1. The first-order valence-corrected chi connectivity index (χ1v) is 11.9. The van der Waals surface area contributed by atoms with Crippen LogP contribution in [-0.2, 0) is 21.2 Å². The number of nitrogens with one attached hydrogen (secondary N) is 1. The van der Waals surface area contributed by atoms with Gasteiger partial charge in [-0.25, -0.2) is 17.5 Å². The third kappa shape index (κ3) is 5.65. The van der Waals surface area contributed by atoms with Crippen LogP contribution in [0.15, 0.2) is 59.5 Å². The zero-order valence-electron chi connectivity index (χ0n) is 16.9. The average molecular weight is 434 g/mol. The molecule has 2 aliphatic rings. The lowest BCUT2D eigenvalue weighted by molar-refractivity contribution is -0.137. The van der Waals surface area contributed by atoms with Gasteiger partial charge in [-0.1, -0.05) is 30.3 Å². The second-order valence-electron chi connectivity index (χ2n) is 7.99. The van der Waals surface area contributed by atoms with E-state index in [-0.39, 0.29) is 17.1 Å². The van der Waals surface area contributed by atoms with Gasteiger partial charge in [0.15, 0.2) is 0 Å². The molecule has 2 saturated heterocycles. The molecule has 1 N–H and O–H groups in total. The summed E-state index contributed by atoms with van der Waals surface area (Å²) in [7, 11) is -3.62. The Hall–Kier alpha value is -1.84. The zero-order chi connectivity index (χ0) is 21.0. The van der Waals surface area contributed by atoms with Gasteiger partial charge >= 0.3 is 0 Å². The van der Waals surface area contributed by atoms with Crippen molar-refractivity contribution in [2.75, 3.05) is 45.8 Å². The van der Waals surface area contributed by atoms with Crippen LogP contribution in [0.2, 0.25) is 0 Å². The molecule has 8 heteroatoms. The molecule has 0 spiro atoms. The maximum atomic E-state index is 13.0. The minimum atomic E-state index is -3.62. The molecule has 162 valence electrons. The Labute approximate surface area is 177 Å². The van der Waals surface area contributed by atoms with Gasteiger partial charge in [-0.05, 0) is 36.2 Å². The van der Waals surface area contributed by atoms with Crippen LogP contribution in [0.1, 0.15) is 5.56 Å². The maximum absolute atomic E-state index is 13.0. The highest BCUT2D eigenvalue weighted by atomic mass is 32.2. The van der Waals surface area contributed by atoms with E-state index >= 15 is 0 Å². The highest BCUT2D eigenvalue weighted by Gasteiger charge is 2.34. The summed E-state index contributed by atoms with van der Waals surface area (Å²) < 4.78 is 46.4. The predicted molar refractivity (Wildman–Crippen MR) is 113 cm³/mol. The third-order valence-corrected chi connectivity index (χ3v) is 7.11. The Morgan fingerprint density at radius 2 is 1.50 bits per heavy atom. The van der Waals surface area contributed by atoms with Crippen molar-refractivity contribution < 1.29 is 17.5 Å². The molecule has 2 heterocycles. The number of hydrogen-bond donors (Lipinski definition) is 1. The molecule has 2 aliphatic heterocycles. The Bertz CT molecular complexity index is 910. The van der Waals surface area contributed by atoms with Gasteiger partial charge in [0, 0.05) is 45.8 Å². The minimum absolute atomic E-state index is 0.0804. The fraction of sp³-hybridized carbons (Fsp3) is 0.455. The SMILES string of the molecule is O=S(=O)(NCCN1CC2CN(CCc3ccccc3)CC(C1)O2)c1ccc(F)cc1. The van der Waals surface area contributed by atoms with E-state index in [4.69, 9.17) is 4.74 Å². The van der Waals surface area contributed by atoms with Crippen molar-refractivity contribution >= 4 is 10.0 Å². The van der Waals surface area contributed by atoms with Crippen LogP contribution in [0.3, 0.4) is 0 Å². The summed E-state index contributed by atoms with van der Waals surface area (Å²) in [5.41, 5.74) is 1.35. The van der Waals surface area contributed by atoms with E-state index in [2.05, 4.69) is 38.8 Å². The van der Waals surface area contributed by atoms with Crippen LogP contribution < -0.4 is 4.72 Å². The molecule has 4 rings (SSSR count). The fourth-order valence-corrected chi connectivity index (χ4v) is 5.21.